The molecule has 4 aromatic rings. The number of aromatic nitrogens is 1. The number of ether oxygens (including phenoxy) is 1. The fourth-order valence-electron chi connectivity index (χ4n) is 4.94. The fraction of sp³-hybridized carbons (Fsp3) is 0.206. The Bertz CT molecular complexity index is 1590. The average Bonchev–Trinajstić information content (AvgIpc) is 3.18. The van der Waals surface area contributed by atoms with Gasteiger partial charge in [0.1, 0.15) is 17.3 Å². The number of carbonyl (C=O) groups is 2. The van der Waals surface area contributed by atoms with E-state index in [1.807, 2.05) is 91.9 Å². The van der Waals surface area contributed by atoms with E-state index < -0.39 is 17.7 Å². The summed E-state index contributed by atoms with van der Waals surface area (Å²) >= 11 is 0. The van der Waals surface area contributed by atoms with Gasteiger partial charge in [0.2, 0.25) is 0 Å². The second kappa shape index (κ2) is 10.8. The van der Waals surface area contributed by atoms with Crippen LogP contribution in [-0.4, -0.2) is 26.7 Å². The number of Topliss-reactive ketones (excluding diaryl/α,β-unsaturated/α-hetero) is 1. The van der Waals surface area contributed by atoms with Crippen LogP contribution in [0, 0.1) is 6.92 Å². The van der Waals surface area contributed by atoms with E-state index in [0.717, 1.165) is 16.7 Å². The van der Waals surface area contributed by atoms with E-state index in [4.69, 9.17) is 4.74 Å². The lowest BCUT2D eigenvalue weighted by Crippen LogP contribution is -2.29. The van der Waals surface area contributed by atoms with Crippen LogP contribution in [0.25, 0.3) is 5.76 Å². The Balaban J connectivity index is 1.66. The smallest absolute Gasteiger partial charge is 0.295 e. The van der Waals surface area contributed by atoms with E-state index >= 15 is 0 Å². The summed E-state index contributed by atoms with van der Waals surface area (Å²) in [6.07, 6.45) is 3.30. The zero-order valence-corrected chi connectivity index (χ0v) is 23.1. The minimum absolute atomic E-state index is 0.0603. The Morgan fingerprint density at radius 1 is 0.900 bits per heavy atom. The highest BCUT2D eigenvalue weighted by Crippen LogP contribution is 2.42. The third-order valence-electron chi connectivity index (χ3n) is 7.15. The van der Waals surface area contributed by atoms with Crippen LogP contribution in [0.15, 0.2) is 103 Å². The van der Waals surface area contributed by atoms with Crippen LogP contribution in [0.4, 0.5) is 0 Å². The molecule has 1 atom stereocenters. The van der Waals surface area contributed by atoms with Gasteiger partial charge in [0, 0.05) is 24.5 Å². The number of aliphatic hydroxyl groups excluding tert-OH is 1. The molecule has 40 heavy (non-hydrogen) atoms. The van der Waals surface area contributed by atoms with Crippen molar-refractivity contribution in [2.24, 2.45) is 0 Å². The summed E-state index contributed by atoms with van der Waals surface area (Å²) in [5, 5.41) is 11.7. The van der Waals surface area contributed by atoms with Crippen LogP contribution in [0.3, 0.4) is 0 Å². The second-order valence-electron chi connectivity index (χ2n) is 11.0. The zero-order chi connectivity index (χ0) is 28.4. The van der Waals surface area contributed by atoms with Crippen molar-refractivity contribution in [3.05, 3.63) is 131 Å². The third-order valence-corrected chi connectivity index (χ3v) is 7.15. The number of benzene rings is 3. The van der Waals surface area contributed by atoms with Gasteiger partial charge in [-0.05, 0) is 77.1 Å². The maximum Gasteiger partial charge on any atom is 0.295 e. The summed E-state index contributed by atoms with van der Waals surface area (Å²) in [7, 11) is 0. The molecule has 0 spiro atoms. The molecule has 2 heterocycles. The molecule has 3 aromatic carbocycles. The molecule has 5 rings (SSSR count). The number of pyridine rings is 1. The van der Waals surface area contributed by atoms with Crippen molar-refractivity contribution in [2.45, 2.75) is 45.7 Å². The van der Waals surface area contributed by atoms with E-state index in [1.54, 1.807) is 12.4 Å². The van der Waals surface area contributed by atoms with Gasteiger partial charge in [-0.1, -0.05) is 63.2 Å². The first-order valence-electron chi connectivity index (χ1n) is 13.2. The minimum Gasteiger partial charge on any atom is -0.507 e. The van der Waals surface area contributed by atoms with Gasteiger partial charge < -0.3 is 14.7 Å². The number of carbonyl (C=O) groups excluding carboxylic acids is 2. The number of ketones is 1. The third kappa shape index (κ3) is 5.38. The van der Waals surface area contributed by atoms with Crippen LogP contribution in [-0.2, 0) is 21.5 Å². The number of amides is 1. The molecule has 1 aliphatic heterocycles. The lowest BCUT2D eigenvalue weighted by molar-refractivity contribution is -0.140. The number of likely N-dealkylation sites (tertiary alicyclic amines) is 1. The predicted molar refractivity (Wildman–Crippen MR) is 155 cm³/mol. The van der Waals surface area contributed by atoms with Crippen LogP contribution in [0.2, 0.25) is 0 Å². The first-order chi connectivity index (χ1) is 19.1. The molecule has 6 nitrogen and oxygen atoms in total. The predicted octanol–water partition coefficient (Wildman–Crippen LogP) is 7.10. The number of nitrogens with zero attached hydrogens (tertiary/aromatic N) is 2. The molecular formula is C34H32N2O4. The highest BCUT2D eigenvalue weighted by atomic mass is 16.5. The van der Waals surface area contributed by atoms with Crippen LogP contribution < -0.4 is 4.74 Å². The maximum absolute atomic E-state index is 13.6. The second-order valence-corrected chi connectivity index (χ2v) is 11.0. The highest BCUT2D eigenvalue weighted by Gasteiger charge is 2.46. The molecule has 1 amide bonds. The molecular weight excluding hydrogens is 500 g/mol. The van der Waals surface area contributed by atoms with Gasteiger partial charge in [-0.3, -0.25) is 14.6 Å². The molecule has 0 saturated carbocycles. The summed E-state index contributed by atoms with van der Waals surface area (Å²) in [5.41, 5.74) is 3.74. The van der Waals surface area contributed by atoms with Gasteiger partial charge in [-0.15, -0.1) is 0 Å². The van der Waals surface area contributed by atoms with Gasteiger partial charge in [0.25, 0.3) is 11.7 Å². The van der Waals surface area contributed by atoms with Crippen LogP contribution >= 0.6 is 0 Å². The number of aliphatic hydroxyl groups is 1. The summed E-state index contributed by atoms with van der Waals surface area (Å²) in [6.45, 7) is 8.34. The molecule has 1 saturated heterocycles. The molecule has 0 bridgehead atoms. The van der Waals surface area contributed by atoms with E-state index in [2.05, 4.69) is 25.8 Å². The molecule has 6 heteroatoms. The van der Waals surface area contributed by atoms with Crippen molar-refractivity contribution >= 4 is 17.4 Å². The van der Waals surface area contributed by atoms with Crippen LogP contribution in [0.1, 0.15) is 54.6 Å². The normalized spacial score (nSPS) is 16.8. The molecule has 1 aromatic heterocycles. The monoisotopic (exact) mass is 532 g/mol. The maximum atomic E-state index is 13.6. The van der Waals surface area contributed by atoms with Crippen molar-refractivity contribution in [1.29, 1.82) is 0 Å². The number of hydrogen-bond donors (Lipinski definition) is 1. The van der Waals surface area contributed by atoms with Gasteiger partial charge in [-0.25, -0.2) is 0 Å². The summed E-state index contributed by atoms with van der Waals surface area (Å²) in [6, 6.07) is 25.4. The topological polar surface area (TPSA) is 79.7 Å². The number of hydrogen-bond acceptors (Lipinski definition) is 5. The van der Waals surface area contributed by atoms with E-state index in [0.29, 0.717) is 22.6 Å². The Morgan fingerprint density at radius 3 is 2.30 bits per heavy atom. The first-order valence-corrected chi connectivity index (χ1v) is 13.2. The average molecular weight is 533 g/mol. The van der Waals surface area contributed by atoms with E-state index in [1.165, 1.54) is 4.90 Å². The molecule has 0 aliphatic carbocycles. The van der Waals surface area contributed by atoms with E-state index in [9.17, 15) is 14.7 Å². The Labute approximate surface area is 234 Å². The molecule has 1 fully saturated rings. The van der Waals surface area contributed by atoms with Gasteiger partial charge in [0.05, 0.1) is 11.6 Å². The van der Waals surface area contributed by atoms with Crippen molar-refractivity contribution in [3.63, 3.8) is 0 Å². The molecule has 1 aliphatic rings. The summed E-state index contributed by atoms with van der Waals surface area (Å²) < 4.78 is 6.06. The molecule has 202 valence electrons. The fourth-order valence-corrected chi connectivity index (χ4v) is 4.94. The van der Waals surface area contributed by atoms with Crippen molar-refractivity contribution in [1.82, 2.24) is 9.88 Å². The minimum atomic E-state index is -0.815. The largest absolute Gasteiger partial charge is 0.507 e. The lowest BCUT2D eigenvalue weighted by Gasteiger charge is -2.26. The Morgan fingerprint density at radius 2 is 1.60 bits per heavy atom. The zero-order valence-electron chi connectivity index (χ0n) is 23.1. The standard InChI is InChI=1S/C34H32N2O4/c1-22-13-14-25(34(2,3)4)20-28(22)31(37)29-30(36(33(39)32(29)38)21-23-15-17-35-18-16-23)24-9-8-12-27(19-24)40-26-10-6-5-7-11-26/h5-20,30,37H,21H2,1-4H3/b31-29+. The van der Waals surface area contributed by atoms with Crippen molar-refractivity contribution in [3.8, 4) is 11.5 Å². The molecule has 1 N–H and O–H groups in total. The van der Waals surface area contributed by atoms with Gasteiger partial charge in [-0.2, -0.15) is 0 Å². The molecule has 1 unspecified atom stereocenters. The Kier molecular flexibility index (Phi) is 7.26. The number of para-hydroxylation sites is 1. The van der Waals surface area contributed by atoms with Crippen molar-refractivity contribution < 1.29 is 19.4 Å². The van der Waals surface area contributed by atoms with Crippen LogP contribution in [0.5, 0.6) is 11.5 Å². The number of rotatable bonds is 6. The lowest BCUT2D eigenvalue weighted by atomic mass is 9.84. The molecule has 0 radical (unpaired) electrons. The van der Waals surface area contributed by atoms with Crippen molar-refractivity contribution in [2.75, 3.05) is 0 Å². The Hall–Kier alpha value is -4.71. The quantitative estimate of drug-likeness (QED) is 0.163. The highest BCUT2D eigenvalue weighted by molar-refractivity contribution is 6.46. The van der Waals surface area contributed by atoms with E-state index in [-0.39, 0.29) is 23.3 Å². The summed E-state index contributed by atoms with van der Waals surface area (Å²) in [5.74, 6) is -0.336. The van der Waals surface area contributed by atoms with Gasteiger partial charge in [0.15, 0.2) is 0 Å². The summed E-state index contributed by atoms with van der Waals surface area (Å²) in [4.78, 5) is 32.7. The first kappa shape index (κ1) is 26.9. The number of aryl methyl sites for hydroxylation is 1. The SMILES string of the molecule is Cc1ccc(C(C)(C)C)cc1/C(O)=C1\C(=O)C(=O)N(Cc2ccncc2)C1c1cccc(Oc2ccccc2)c1. The van der Waals surface area contributed by atoms with Gasteiger partial charge >= 0.3 is 0 Å².